The molecule has 24 heavy (non-hydrogen) atoms. The van der Waals surface area contributed by atoms with Crippen LogP contribution in [0.2, 0.25) is 0 Å². The van der Waals surface area contributed by atoms with Crippen LogP contribution in [0.25, 0.3) is 10.9 Å². The first-order valence-corrected chi connectivity index (χ1v) is 8.95. The molecule has 0 aliphatic carbocycles. The molecule has 1 heterocycles. The number of thioether (sulfide) groups is 1. The normalized spacial score (nSPS) is 11.8. The van der Waals surface area contributed by atoms with Gasteiger partial charge >= 0.3 is 0 Å². The number of aromatic nitrogens is 1. The first-order chi connectivity index (χ1) is 11.6. The van der Waals surface area contributed by atoms with E-state index in [9.17, 15) is 10.1 Å². The van der Waals surface area contributed by atoms with Gasteiger partial charge in [0.05, 0.1) is 23.4 Å². The highest BCUT2D eigenvalue weighted by molar-refractivity contribution is 8.00. The minimum atomic E-state index is -0.0492. The van der Waals surface area contributed by atoms with Crippen LogP contribution in [-0.2, 0) is 4.79 Å². The summed E-state index contributed by atoms with van der Waals surface area (Å²) in [5.41, 5.74) is 1.25. The van der Waals surface area contributed by atoms with Crippen molar-refractivity contribution in [1.29, 1.82) is 5.26 Å². The van der Waals surface area contributed by atoms with Gasteiger partial charge in [0.2, 0.25) is 5.91 Å². The van der Waals surface area contributed by atoms with Gasteiger partial charge in [-0.25, -0.2) is 4.98 Å². The average Bonchev–Trinajstić information content (AvgIpc) is 2.59. The molecule has 1 aromatic heterocycles. The molecular weight excluding hydrogens is 322 g/mol. The summed E-state index contributed by atoms with van der Waals surface area (Å²) < 4.78 is 5.48. The number of carbonyl (C=O) groups excluding carboxylic acids is 1. The van der Waals surface area contributed by atoms with E-state index in [-0.39, 0.29) is 17.7 Å². The molecule has 0 fully saturated rings. The molecule has 1 N–H and O–H groups in total. The maximum absolute atomic E-state index is 11.9. The Morgan fingerprint density at radius 3 is 2.88 bits per heavy atom. The van der Waals surface area contributed by atoms with Gasteiger partial charge < -0.3 is 10.1 Å². The van der Waals surface area contributed by atoms with Gasteiger partial charge in [-0.2, -0.15) is 5.26 Å². The van der Waals surface area contributed by atoms with Gasteiger partial charge in [0.15, 0.2) is 0 Å². The lowest BCUT2D eigenvalue weighted by Gasteiger charge is -2.11. The van der Waals surface area contributed by atoms with E-state index in [2.05, 4.69) is 16.4 Å². The summed E-state index contributed by atoms with van der Waals surface area (Å²) in [5, 5.41) is 13.7. The summed E-state index contributed by atoms with van der Waals surface area (Å²) >= 11 is 1.28. The molecule has 2 rings (SSSR count). The number of carbonyl (C=O) groups is 1. The monoisotopic (exact) mass is 343 g/mol. The van der Waals surface area contributed by atoms with Crippen LogP contribution in [0.1, 0.15) is 32.8 Å². The second-order valence-electron chi connectivity index (χ2n) is 5.41. The van der Waals surface area contributed by atoms with E-state index in [0.29, 0.717) is 17.2 Å². The third-order valence-corrected chi connectivity index (χ3v) is 4.53. The molecule has 0 unspecified atom stereocenters. The molecule has 1 amide bonds. The zero-order valence-corrected chi connectivity index (χ0v) is 14.9. The fourth-order valence-corrected chi connectivity index (χ4v) is 2.91. The quantitative estimate of drug-likeness (QED) is 0.779. The minimum absolute atomic E-state index is 0.0492. The van der Waals surface area contributed by atoms with E-state index in [0.717, 1.165) is 23.1 Å². The van der Waals surface area contributed by atoms with Crippen molar-refractivity contribution in [3.8, 4) is 11.8 Å². The highest BCUT2D eigenvalue weighted by atomic mass is 32.2. The second-order valence-corrected chi connectivity index (χ2v) is 6.37. The van der Waals surface area contributed by atoms with Crippen molar-refractivity contribution in [1.82, 2.24) is 10.3 Å². The Kier molecular flexibility index (Phi) is 6.44. The number of fused-ring (bicyclic) bond motifs is 1. The number of nitrogens with one attached hydrogen (secondary N) is 1. The lowest BCUT2D eigenvalue weighted by Crippen LogP contribution is -2.33. The Bertz CT molecular complexity index is 771. The Labute approximate surface area is 146 Å². The van der Waals surface area contributed by atoms with Crippen molar-refractivity contribution < 1.29 is 9.53 Å². The topological polar surface area (TPSA) is 75.0 Å². The van der Waals surface area contributed by atoms with Crippen molar-refractivity contribution in [3.63, 3.8) is 0 Å². The van der Waals surface area contributed by atoms with Crippen molar-refractivity contribution in [2.45, 2.75) is 38.3 Å². The molecule has 0 aliphatic heterocycles. The number of hydrogen-bond donors (Lipinski definition) is 1. The molecule has 0 bridgehead atoms. The number of pyridine rings is 1. The largest absolute Gasteiger partial charge is 0.494 e. The second kappa shape index (κ2) is 8.55. The molecule has 2 aromatic rings. The zero-order valence-electron chi connectivity index (χ0n) is 14.1. The molecule has 0 radical (unpaired) electrons. The zero-order chi connectivity index (χ0) is 17.5. The number of nitriles is 1. The predicted molar refractivity (Wildman–Crippen MR) is 96.2 cm³/mol. The van der Waals surface area contributed by atoms with Crippen LogP contribution in [0.4, 0.5) is 0 Å². The Morgan fingerprint density at radius 1 is 1.42 bits per heavy atom. The molecule has 5 nitrogen and oxygen atoms in total. The van der Waals surface area contributed by atoms with E-state index in [1.54, 1.807) is 6.07 Å². The van der Waals surface area contributed by atoms with Gasteiger partial charge in [0.1, 0.15) is 16.8 Å². The summed E-state index contributed by atoms with van der Waals surface area (Å²) in [6, 6.07) is 9.69. The van der Waals surface area contributed by atoms with Crippen LogP contribution in [0.15, 0.2) is 29.3 Å². The van der Waals surface area contributed by atoms with Gasteiger partial charge in [-0.3, -0.25) is 4.79 Å². The van der Waals surface area contributed by atoms with Crippen LogP contribution >= 0.6 is 11.8 Å². The molecule has 126 valence electrons. The fourth-order valence-electron chi connectivity index (χ4n) is 2.14. The first kappa shape index (κ1) is 18.1. The highest BCUT2D eigenvalue weighted by Crippen LogP contribution is 2.27. The SMILES string of the molecule is CCOc1ccc2nc(SCC(=O)N[C@H](C)CC)c(C#N)cc2c1. The van der Waals surface area contributed by atoms with E-state index in [1.807, 2.05) is 39.0 Å². The summed E-state index contributed by atoms with van der Waals surface area (Å²) in [6.07, 6.45) is 0.885. The standard InChI is InChI=1S/C18H21N3O2S/c1-4-12(3)20-17(22)11-24-18-14(10-19)8-13-9-15(23-5-2)6-7-16(13)21-18/h6-9,12H,4-5,11H2,1-3H3,(H,20,22)/t12-/m1/s1. The molecule has 6 heteroatoms. The molecular formula is C18H21N3O2S. The Morgan fingerprint density at radius 2 is 2.21 bits per heavy atom. The minimum Gasteiger partial charge on any atom is -0.494 e. The first-order valence-electron chi connectivity index (χ1n) is 7.97. The number of rotatable bonds is 7. The number of benzene rings is 1. The fraction of sp³-hybridized carbons (Fsp3) is 0.389. The van der Waals surface area contributed by atoms with Crippen molar-refractivity contribution >= 4 is 28.6 Å². The lowest BCUT2D eigenvalue weighted by molar-refractivity contribution is -0.119. The summed E-state index contributed by atoms with van der Waals surface area (Å²) in [5.74, 6) is 0.949. The molecule has 1 aromatic carbocycles. The van der Waals surface area contributed by atoms with E-state index in [4.69, 9.17) is 4.74 Å². The van der Waals surface area contributed by atoms with Gasteiger partial charge in [-0.15, -0.1) is 0 Å². The third kappa shape index (κ3) is 4.62. The molecule has 0 saturated heterocycles. The van der Waals surface area contributed by atoms with Crippen LogP contribution in [0, 0.1) is 11.3 Å². The molecule has 0 saturated carbocycles. The van der Waals surface area contributed by atoms with Crippen LogP contribution < -0.4 is 10.1 Å². The summed E-state index contributed by atoms with van der Waals surface area (Å²) in [6.45, 7) is 6.50. The summed E-state index contributed by atoms with van der Waals surface area (Å²) in [7, 11) is 0. The van der Waals surface area contributed by atoms with Crippen molar-refractivity contribution in [2.24, 2.45) is 0 Å². The molecule has 1 atom stereocenters. The average molecular weight is 343 g/mol. The number of amides is 1. The number of nitrogens with zero attached hydrogens (tertiary/aromatic N) is 2. The van der Waals surface area contributed by atoms with Gasteiger partial charge in [-0.05, 0) is 44.5 Å². The third-order valence-electron chi connectivity index (χ3n) is 3.54. The summed E-state index contributed by atoms with van der Waals surface area (Å²) in [4.78, 5) is 16.4. The van der Waals surface area contributed by atoms with Crippen molar-refractivity contribution in [2.75, 3.05) is 12.4 Å². The Hall–Kier alpha value is -2.26. The van der Waals surface area contributed by atoms with Crippen LogP contribution in [-0.4, -0.2) is 29.3 Å². The van der Waals surface area contributed by atoms with E-state index >= 15 is 0 Å². The number of hydrogen-bond acceptors (Lipinski definition) is 5. The maximum atomic E-state index is 11.9. The van der Waals surface area contributed by atoms with Gasteiger partial charge in [0.25, 0.3) is 0 Å². The van der Waals surface area contributed by atoms with Crippen molar-refractivity contribution in [3.05, 3.63) is 29.8 Å². The highest BCUT2D eigenvalue weighted by Gasteiger charge is 2.12. The van der Waals surface area contributed by atoms with Crippen LogP contribution in [0.3, 0.4) is 0 Å². The molecule has 0 aliphatic rings. The molecule has 0 spiro atoms. The smallest absolute Gasteiger partial charge is 0.230 e. The van der Waals surface area contributed by atoms with Gasteiger partial charge in [0, 0.05) is 11.4 Å². The van der Waals surface area contributed by atoms with E-state index < -0.39 is 0 Å². The van der Waals surface area contributed by atoms with E-state index in [1.165, 1.54) is 11.8 Å². The predicted octanol–water partition coefficient (Wildman–Crippen LogP) is 3.51. The lowest BCUT2D eigenvalue weighted by atomic mass is 10.1. The van der Waals surface area contributed by atoms with Crippen LogP contribution in [0.5, 0.6) is 5.75 Å². The maximum Gasteiger partial charge on any atom is 0.230 e. The van der Waals surface area contributed by atoms with Gasteiger partial charge in [-0.1, -0.05) is 18.7 Å². The Balaban J connectivity index is 2.19. The number of ether oxygens (including phenoxy) is 1.